The molecule has 1 aromatic rings. The van der Waals surface area contributed by atoms with E-state index < -0.39 is 5.97 Å². The molecule has 0 amide bonds. The van der Waals surface area contributed by atoms with Gasteiger partial charge in [0, 0.05) is 32.4 Å². The van der Waals surface area contributed by atoms with E-state index >= 15 is 0 Å². The Kier molecular flexibility index (Phi) is 4.65. The molecule has 0 aliphatic heterocycles. The second kappa shape index (κ2) is 6.27. The fourth-order valence-electron chi connectivity index (χ4n) is 2.43. The monoisotopic (exact) mass is 276 g/mol. The molecule has 2 rings (SSSR count). The van der Waals surface area contributed by atoms with Crippen LogP contribution in [-0.2, 0) is 4.79 Å². The molecule has 0 heterocycles. The lowest BCUT2D eigenvalue weighted by Gasteiger charge is -2.28. The lowest BCUT2D eigenvalue weighted by atomic mass is 10.1. The minimum absolute atomic E-state index is 0.118. The van der Waals surface area contributed by atoms with E-state index in [0.717, 1.165) is 12.2 Å². The van der Waals surface area contributed by atoms with E-state index in [4.69, 9.17) is 5.11 Å². The number of rotatable bonds is 7. The lowest BCUT2D eigenvalue weighted by Crippen LogP contribution is -2.34. The van der Waals surface area contributed by atoms with Crippen LogP contribution in [0.1, 0.15) is 31.4 Å². The summed E-state index contributed by atoms with van der Waals surface area (Å²) in [6.07, 6.45) is 2.48. The van der Waals surface area contributed by atoms with Gasteiger partial charge in [0.05, 0.1) is 6.54 Å². The van der Waals surface area contributed by atoms with E-state index in [1.165, 1.54) is 18.4 Å². The Balaban J connectivity index is 2.08. The first-order valence-corrected chi connectivity index (χ1v) is 7.20. The maximum Gasteiger partial charge on any atom is 0.317 e. The minimum Gasteiger partial charge on any atom is -0.480 e. The third-order valence-electron chi connectivity index (χ3n) is 3.97. The van der Waals surface area contributed by atoms with Gasteiger partial charge in [-0.05, 0) is 43.4 Å². The van der Waals surface area contributed by atoms with Crippen molar-refractivity contribution in [1.82, 2.24) is 4.90 Å². The fraction of sp³-hybridized carbons (Fsp3) is 0.562. The van der Waals surface area contributed by atoms with Crippen LogP contribution in [0, 0.1) is 5.92 Å². The molecule has 0 spiro atoms. The van der Waals surface area contributed by atoms with Gasteiger partial charge in [-0.3, -0.25) is 9.69 Å². The van der Waals surface area contributed by atoms with Gasteiger partial charge in [0.2, 0.25) is 0 Å². The Morgan fingerprint density at radius 2 is 1.90 bits per heavy atom. The highest BCUT2D eigenvalue weighted by molar-refractivity contribution is 5.69. The van der Waals surface area contributed by atoms with Crippen molar-refractivity contribution in [2.24, 2.45) is 5.92 Å². The first-order valence-electron chi connectivity index (χ1n) is 7.20. The quantitative estimate of drug-likeness (QED) is 0.831. The van der Waals surface area contributed by atoms with E-state index in [1.807, 2.05) is 14.1 Å². The summed E-state index contributed by atoms with van der Waals surface area (Å²) < 4.78 is 0. The van der Waals surface area contributed by atoms with E-state index in [-0.39, 0.29) is 12.6 Å². The Labute approximate surface area is 121 Å². The molecule has 1 atom stereocenters. The van der Waals surface area contributed by atoms with Gasteiger partial charge in [-0.1, -0.05) is 12.1 Å². The maximum atomic E-state index is 11.0. The molecule has 1 aromatic carbocycles. The predicted octanol–water partition coefficient (Wildman–Crippen LogP) is 2.61. The molecule has 20 heavy (non-hydrogen) atoms. The van der Waals surface area contributed by atoms with Crippen molar-refractivity contribution >= 4 is 11.7 Å². The second-order valence-corrected chi connectivity index (χ2v) is 5.93. The minimum atomic E-state index is -0.748. The van der Waals surface area contributed by atoms with E-state index in [2.05, 4.69) is 41.0 Å². The van der Waals surface area contributed by atoms with E-state index in [0.29, 0.717) is 5.92 Å². The largest absolute Gasteiger partial charge is 0.480 e. The molecule has 1 aliphatic rings. The summed E-state index contributed by atoms with van der Waals surface area (Å²) in [5.74, 6) is -0.0553. The standard InChI is InChI=1S/C16H24N2O2/c1-12(14-6-8-15(9-7-14)17(2)3)18(11-16(19)20)10-13-4-5-13/h6-9,12-13H,4-5,10-11H2,1-3H3,(H,19,20). The van der Waals surface area contributed by atoms with Crippen LogP contribution in [0.15, 0.2) is 24.3 Å². The molecule has 110 valence electrons. The number of aliphatic carboxylic acids is 1. The van der Waals surface area contributed by atoms with Crippen LogP contribution >= 0.6 is 0 Å². The lowest BCUT2D eigenvalue weighted by molar-refractivity contribution is -0.139. The third-order valence-corrected chi connectivity index (χ3v) is 3.97. The number of carbonyl (C=O) groups is 1. The van der Waals surface area contributed by atoms with Gasteiger partial charge in [0.1, 0.15) is 0 Å². The molecule has 1 aliphatic carbocycles. The second-order valence-electron chi connectivity index (χ2n) is 5.93. The van der Waals surface area contributed by atoms with Gasteiger partial charge in [-0.2, -0.15) is 0 Å². The summed E-state index contributed by atoms with van der Waals surface area (Å²) in [6, 6.07) is 8.51. The van der Waals surface area contributed by atoms with Crippen molar-refractivity contribution in [1.29, 1.82) is 0 Å². The van der Waals surface area contributed by atoms with Gasteiger partial charge < -0.3 is 10.0 Å². The number of hydrogen-bond acceptors (Lipinski definition) is 3. The van der Waals surface area contributed by atoms with Crippen molar-refractivity contribution in [2.75, 3.05) is 32.1 Å². The molecule has 1 fully saturated rings. The highest BCUT2D eigenvalue weighted by Gasteiger charge is 2.28. The van der Waals surface area contributed by atoms with Gasteiger partial charge in [-0.15, -0.1) is 0 Å². The van der Waals surface area contributed by atoms with Crippen LogP contribution in [0.5, 0.6) is 0 Å². The molecule has 4 heteroatoms. The molecule has 4 nitrogen and oxygen atoms in total. The zero-order valence-electron chi connectivity index (χ0n) is 12.5. The number of nitrogens with zero attached hydrogens (tertiary/aromatic N) is 2. The number of benzene rings is 1. The van der Waals surface area contributed by atoms with Crippen LogP contribution in [-0.4, -0.2) is 43.2 Å². The van der Waals surface area contributed by atoms with Crippen LogP contribution < -0.4 is 4.90 Å². The van der Waals surface area contributed by atoms with Gasteiger partial charge in [-0.25, -0.2) is 0 Å². The first-order chi connectivity index (χ1) is 9.47. The normalized spacial score (nSPS) is 16.2. The third kappa shape index (κ3) is 3.97. The Hall–Kier alpha value is -1.55. The smallest absolute Gasteiger partial charge is 0.317 e. The highest BCUT2D eigenvalue weighted by atomic mass is 16.4. The van der Waals surface area contributed by atoms with Crippen molar-refractivity contribution in [3.63, 3.8) is 0 Å². The summed E-state index contributed by atoms with van der Waals surface area (Å²) in [6.45, 7) is 3.10. The fourth-order valence-corrected chi connectivity index (χ4v) is 2.43. The first kappa shape index (κ1) is 14.9. The Bertz CT molecular complexity index is 452. The summed E-state index contributed by atoms with van der Waals surface area (Å²) in [4.78, 5) is 15.2. The number of anilines is 1. The van der Waals surface area contributed by atoms with E-state index in [1.54, 1.807) is 0 Å². The zero-order chi connectivity index (χ0) is 14.7. The molecule has 0 saturated heterocycles. The van der Waals surface area contributed by atoms with Gasteiger partial charge in [0.25, 0.3) is 0 Å². The zero-order valence-corrected chi connectivity index (χ0v) is 12.5. The van der Waals surface area contributed by atoms with Crippen molar-refractivity contribution in [3.05, 3.63) is 29.8 Å². The topological polar surface area (TPSA) is 43.8 Å². The van der Waals surface area contributed by atoms with Crippen molar-refractivity contribution in [2.45, 2.75) is 25.8 Å². The summed E-state index contributed by atoms with van der Waals surface area (Å²) in [7, 11) is 4.03. The van der Waals surface area contributed by atoms with Crippen LogP contribution in [0.3, 0.4) is 0 Å². The molecular weight excluding hydrogens is 252 g/mol. The van der Waals surface area contributed by atoms with Gasteiger partial charge >= 0.3 is 5.97 Å². The van der Waals surface area contributed by atoms with Crippen molar-refractivity contribution < 1.29 is 9.90 Å². The predicted molar refractivity (Wildman–Crippen MR) is 81.1 cm³/mol. The molecule has 1 saturated carbocycles. The summed E-state index contributed by atoms with van der Waals surface area (Å²) >= 11 is 0. The molecule has 1 N–H and O–H groups in total. The Morgan fingerprint density at radius 1 is 1.30 bits per heavy atom. The maximum absolute atomic E-state index is 11.0. The average Bonchev–Trinajstić information content (AvgIpc) is 3.20. The van der Waals surface area contributed by atoms with Crippen LogP contribution in [0.2, 0.25) is 0 Å². The number of hydrogen-bond donors (Lipinski definition) is 1. The van der Waals surface area contributed by atoms with E-state index in [9.17, 15) is 4.79 Å². The van der Waals surface area contributed by atoms with Gasteiger partial charge in [0.15, 0.2) is 0 Å². The van der Waals surface area contributed by atoms with Crippen LogP contribution in [0.4, 0.5) is 5.69 Å². The molecular formula is C16H24N2O2. The number of carboxylic acids is 1. The molecule has 1 unspecified atom stereocenters. The molecule has 0 aromatic heterocycles. The molecule has 0 radical (unpaired) electrons. The van der Waals surface area contributed by atoms with Crippen LogP contribution in [0.25, 0.3) is 0 Å². The number of carboxylic acid groups (broad SMARTS) is 1. The molecule has 0 bridgehead atoms. The average molecular weight is 276 g/mol. The summed E-state index contributed by atoms with van der Waals surface area (Å²) in [5.41, 5.74) is 2.34. The Morgan fingerprint density at radius 3 is 2.35 bits per heavy atom. The van der Waals surface area contributed by atoms with Crippen molar-refractivity contribution in [3.8, 4) is 0 Å². The summed E-state index contributed by atoms with van der Waals surface area (Å²) in [5, 5.41) is 9.08. The SMILES string of the molecule is CC(c1ccc(N(C)C)cc1)N(CC(=O)O)CC1CC1. The highest BCUT2D eigenvalue weighted by Crippen LogP contribution is 2.32.